The van der Waals surface area contributed by atoms with Gasteiger partial charge in [0.05, 0.1) is 0 Å². The third kappa shape index (κ3) is 3.79. The van der Waals surface area contributed by atoms with Crippen LogP contribution in [0.2, 0.25) is 0 Å². The second-order valence-corrected chi connectivity index (χ2v) is 7.85. The standard InChI is InChI=1S/C21H25F2N3/c22-19-6-1-5-18(20(19)23)14-25-10-3-7-21(15-25)8-11-26(16-21)13-17-4-2-9-24-12-17/h1-2,4-6,9,12H,3,7-8,10-11,13-16H2. The number of rotatable bonds is 4. The van der Waals surface area contributed by atoms with Crippen molar-refractivity contribution in [1.82, 2.24) is 14.8 Å². The summed E-state index contributed by atoms with van der Waals surface area (Å²) in [6.07, 6.45) is 7.26. The van der Waals surface area contributed by atoms with Gasteiger partial charge in [-0.15, -0.1) is 0 Å². The molecule has 1 aromatic heterocycles. The Bertz CT molecular complexity index is 752. The van der Waals surface area contributed by atoms with Crippen LogP contribution in [0.3, 0.4) is 0 Å². The zero-order chi connectivity index (χ0) is 18.0. The van der Waals surface area contributed by atoms with Crippen LogP contribution in [0.5, 0.6) is 0 Å². The van der Waals surface area contributed by atoms with E-state index in [-0.39, 0.29) is 5.41 Å². The summed E-state index contributed by atoms with van der Waals surface area (Å²) >= 11 is 0. The number of likely N-dealkylation sites (tertiary alicyclic amines) is 2. The zero-order valence-electron chi connectivity index (χ0n) is 15.0. The highest BCUT2D eigenvalue weighted by Gasteiger charge is 2.41. The average molecular weight is 357 g/mol. The molecule has 1 atom stereocenters. The van der Waals surface area contributed by atoms with Crippen LogP contribution in [0.1, 0.15) is 30.4 Å². The molecule has 2 aromatic rings. The fourth-order valence-electron chi connectivity index (χ4n) is 4.60. The van der Waals surface area contributed by atoms with Crippen molar-refractivity contribution in [2.45, 2.75) is 32.4 Å². The lowest BCUT2D eigenvalue weighted by molar-refractivity contribution is 0.0856. The first-order chi connectivity index (χ1) is 12.6. The summed E-state index contributed by atoms with van der Waals surface area (Å²) in [5.74, 6) is -1.45. The number of piperidine rings is 1. The third-order valence-electron chi connectivity index (χ3n) is 5.81. The molecule has 0 bridgehead atoms. The summed E-state index contributed by atoms with van der Waals surface area (Å²) in [6.45, 7) is 5.52. The first-order valence-electron chi connectivity index (χ1n) is 9.40. The molecule has 2 aliphatic rings. The van der Waals surface area contributed by atoms with Gasteiger partial charge in [0.25, 0.3) is 0 Å². The van der Waals surface area contributed by atoms with Gasteiger partial charge in [0.15, 0.2) is 11.6 Å². The Morgan fingerprint density at radius 3 is 2.62 bits per heavy atom. The molecule has 2 fully saturated rings. The monoisotopic (exact) mass is 357 g/mol. The van der Waals surface area contributed by atoms with E-state index >= 15 is 0 Å². The maximum absolute atomic E-state index is 14.0. The molecule has 4 rings (SSSR count). The number of aromatic nitrogens is 1. The topological polar surface area (TPSA) is 19.4 Å². The SMILES string of the molecule is Fc1cccc(CN2CCCC3(CCN(Cc4cccnc4)C3)C2)c1F. The van der Waals surface area contributed by atoms with Gasteiger partial charge in [0, 0.05) is 44.1 Å². The summed E-state index contributed by atoms with van der Waals surface area (Å²) in [5, 5.41) is 0. The molecule has 0 aliphatic carbocycles. The fourth-order valence-corrected chi connectivity index (χ4v) is 4.60. The van der Waals surface area contributed by atoms with Crippen LogP contribution in [0.4, 0.5) is 8.78 Å². The van der Waals surface area contributed by atoms with Crippen molar-refractivity contribution >= 4 is 0 Å². The Hall–Kier alpha value is -1.85. The Labute approximate surface area is 153 Å². The number of benzene rings is 1. The van der Waals surface area contributed by atoms with Crippen molar-refractivity contribution < 1.29 is 8.78 Å². The molecular formula is C21H25F2N3. The van der Waals surface area contributed by atoms with Crippen LogP contribution in [-0.4, -0.2) is 41.0 Å². The first-order valence-corrected chi connectivity index (χ1v) is 9.40. The molecule has 5 heteroatoms. The van der Waals surface area contributed by atoms with E-state index in [1.807, 2.05) is 12.3 Å². The van der Waals surface area contributed by atoms with Crippen LogP contribution in [0, 0.1) is 17.0 Å². The van der Waals surface area contributed by atoms with E-state index in [2.05, 4.69) is 20.9 Å². The van der Waals surface area contributed by atoms with Gasteiger partial charge in [-0.3, -0.25) is 14.8 Å². The third-order valence-corrected chi connectivity index (χ3v) is 5.81. The predicted molar refractivity (Wildman–Crippen MR) is 97.4 cm³/mol. The van der Waals surface area contributed by atoms with Gasteiger partial charge in [-0.05, 0) is 55.5 Å². The van der Waals surface area contributed by atoms with E-state index in [9.17, 15) is 8.78 Å². The van der Waals surface area contributed by atoms with Crippen molar-refractivity contribution in [3.63, 3.8) is 0 Å². The molecule has 3 heterocycles. The minimum absolute atomic E-state index is 0.282. The molecule has 0 saturated carbocycles. The van der Waals surface area contributed by atoms with Gasteiger partial charge in [0.2, 0.25) is 0 Å². The van der Waals surface area contributed by atoms with E-state index in [1.54, 1.807) is 18.3 Å². The van der Waals surface area contributed by atoms with Crippen LogP contribution >= 0.6 is 0 Å². The number of nitrogens with zero attached hydrogens (tertiary/aromatic N) is 3. The molecule has 26 heavy (non-hydrogen) atoms. The summed E-state index contributed by atoms with van der Waals surface area (Å²) in [5.41, 5.74) is 2.00. The number of halogens is 2. The van der Waals surface area contributed by atoms with Gasteiger partial charge in [-0.25, -0.2) is 8.78 Å². The Kier molecular flexibility index (Phi) is 5.00. The lowest BCUT2D eigenvalue weighted by Crippen LogP contribution is -2.44. The van der Waals surface area contributed by atoms with E-state index in [4.69, 9.17) is 0 Å². The largest absolute Gasteiger partial charge is 0.298 e. The predicted octanol–water partition coefficient (Wildman–Crippen LogP) is 3.85. The lowest BCUT2D eigenvalue weighted by Gasteiger charge is -2.40. The normalized spacial score (nSPS) is 24.4. The Morgan fingerprint density at radius 2 is 1.81 bits per heavy atom. The second kappa shape index (κ2) is 7.41. The first kappa shape index (κ1) is 17.6. The van der Waals surface area contributed by atoms with Gasteiger partial charge in [-0.1, -0.05) is 18.2 Å². The maximum atomic E-state index is 14.0. The number of hydrogen-bond acceptors (Lipinski definition) is 3. The van der Waals surface area contributed by atoms with E-state index in [0.29, 0.717) is 12.1 Å². The summed E-state index contributed by atoms with van der Waals surface area (Å²) in [7, 11) is 0. The Balaban J connectivity index is 1.39. The molecule has 138 valence electrons. The summed E-state index contributed by atoms with van der Waals surface area (Å²) in [4.78, 5) is 9.01. The molecular weight excluding hydrogens is 332 g/mol. The van der Waals surface area contributed by atoms with Crippen LogP contribution in [0.15, 0.2) is 42.7 Å². The second-order valence-electron chi connectivity index (χ2n) is 7.85. The van der Waals surface area contributed by atoms with E-state index in [0.717, 1.165) is 39.1 Å². The zero-order valence-corrected chi connectivity index (χ0v) is 15.0. The highest BCUT2D eigenvalue weighted by atomic mass is 19.2. The maximum Gasteiger partial charge on any atom is 0.163 e. The van der Waals surface area contributed by atoms with Crippen molar-refractivity contribution in [2.75, 3.05) is 26.2 Å². The average Bonchev–Trinajstić information content (AvgIpc) is 3.01. The number of hydrogen-bond donors (Lipinski definition) is 0. The quantitative estimate of drug-likeness (QED) is 0.829. The van der Waals surface area contributed by atoms with E-state index in [1.165, 1.54) is 24.5 Å². The molecule has 0 N–H and O–H groups in total. The minimum Gasteiger partial charge on any atom is -0.298 e. The highest BCUT2D eigenvalue weighted by Crippen LogP contribution is 2.39. The minimum atomic E-state index is -0.752. The summed E-state index contributed by atoms with van der Waals surface area (Å²) in [6, 6.07) is 8.58. The molecule has 3 nitrogen and oxygen atoms in total. The van der Waals surface area contributed by atoms with Crippen molar-refractivity contribution in [1.29, 1.82) is 0 Å². The van der Waals surface area contributed by atoms with Gasteiger partial charge < -0.3 is 0 Å². The number of pyridine rings is 1. The van der Waals surface area contributed by atoms with Gasteiger partial charge in [0.1, 0.15) is 0 Å². The molecule has 1 aromatic carbocycles. The van der Waals surface area contributed by atoms with Crippen molar-refractivity contribution in [3.05, 3.63) is 65.5 Å². The molecule has 1 unspecified atom stereocenters. The van der Waals surface area contributed by atoms with Crippen LogP contribution in [-0.2, 0) is 13.1 Å². The fraction of sp³-hybridized carbons (Fsp3) is 0.476. The molecule has 1 spiro atoms. The molecule has 2 aliphatic heterocycles. The van der Waals surface area contributed by atoms with E-state index < -0.39 is 11.6 Å². The van der Waals surface area contributed by atoms with Gasteiger partial charge >= 0.3 is 0 Å². The van der Waals surface area contributed by atoms with Crippen molar-refractivity contribution in [2.24, 2.45) is 5.41 Å². The van der Waals surface area contributed by atoms with Gasteiger partial charge in [-0.2, -0.15) is 0 Å². The molecule has 2 saturated heterocycles. The Morgan fingerprint density at radius 1 is 0.962 bits per heavy atom. The molecule has 0 radical (unpaired) electrons. The highest BCUT2D eigenvalue weighted by molar-refractivity contribution is 5.19. The lowest BCUT2D eigenvalue weighted by atomic mass is 9.79. The van der Waals surface area contributed by atoms with Crippen molar-refractivity contribution in [3.8, 4) is 0 Å². The van der Waals surface area contributed by atoms with Crippen LogP contribution < -0.4 is 0 Å². The smallest absolute Gasteiger partial charge is 0.163 e. The summed E-state index contributed by atoms with van der Waals surface area (Å²) < 4.78 is 27.5. The molecule has 0 amide bonds. The van der Waals surface area contributed by atoms with Crippen LogP contribution in [0.25, 0.3) is 0 Å².